The standard InChI is InChI=1S/C17H26N4O2.ClH/c1-11(2)17(3,10-18)21-15(22)12-5-4-6-14(9-12)20-16(23)19-13-7-8-13;/h4-6,9,11,13H,7-8,10,18H2,1-3H3,(H,21,22)(H2,19,20,23);1H. The monoisotopic (exact) mass is 354 g/mol. The number of carbonyl (C=O) groups is 2. The molecule has 7 heteroatoms. The number of urea groups is 1. The van der Waals surface area contributed by atoms with Crippen LogP contribution in [0.1, 0.15) is 44.0 Å². The highest BCUT2D eigenvalue weighted by Crippen LogP contribution is 2.19. The minimum atomic E-state index is -0.468. The molecule has 0 heterocycles. The van der Waals surface area contributed by atoms with E-state index < -0.39 is 5.54 Å². The number of benzene rings is 1. The van der Waals surface area contributed by atoms with Gasteiger partial charge in [0, 0.05) is 23.8 Å². The van der Waals surface area contributed by atoms with Crippen LogP contribution in [0.2, 0.25) is 0 Å². The van der Waals surface area contributed by atoms with Crippen LogP contribution < -0.4 is 21.7 Å². The molecule has 1 fully saturated rings. The van der Waals surface area contributed by atoms with Crippen LogP contribution in [0.4, 0.5) is 10.5 Å². The summed E-state index contributed by atoms with van der Waals surface area (Å²) < 4.78 is 0. The highest BCUT2D eigenvalue weighted by atomic mass is 35.5. The maximum atomic E-state index is 12.5. The summed E-state index contributed by atoms with van der Waals surface area (Å²) in [6, 6.07) is 6.94. The molecule has 1 aromatic rings. The van der Waals surface area contributed by atoms with E-state index in [2.05, 4.69) is 16.0 Å². The fourth-order valence-corrected chi connectivity index (χ4v) is 2.08. The number of amides is 3. The Morgan fingerprint density at radius 1 is 1.33 bits per heavy atom. The van der Waals surface area contributed by atoms with Gasteiger partial charge < -0.3 is 21.7 Å². The third-order valence-electron chi connectivity index (χ3n) is 4.39. The molecule has 1 aromatic carbocycles. The van der Waals surface area contributed by atoms with Crippen molar-refractivity contribution in [3.8, 4) is 0 Å². The van der Waals surface area contributed by atoms with E-state index >= 15 is 0 Å². The van der Waals surface area contributed by atoms with Crippen molar-refractivity contribution < 1.29 is 9.59 Å². The fourth-order valence-electron chi connectivity index (χ4n) is 2.08. The van der Waals surface area contributed by atoms with Gasteiger partial charge in [0.25, 0.3) is 5.91 Å². The number of rotatable bonds is 6. The molecule has 6 nitrogen and oxygen atoms in total. The summed E-state index contributed by atoms with van der Waals surface area (Å²) >= 11 is 0. The predicted molar refractivity (Wildman–Crippen MR) is 98.6 cm³/mol. The van der Waals surface area contributed by atoms with Gasteiger partial charge in [0.05, 0.1) is 5.54 Å². The molecule has 0 aliphatic heterocycles. The van der Waals surface area contributed by atoms with Crippen molar-refractivity contribution >= 4 is 30.0 Å². The van der Waals surface area contributed by atoms with Crippen LogP contribution >= 0.6 is 12.4 Å². The zero-order valence-electron chi connectivity index (χ0n) is 14.4. The summed E-state index contributed by atoms with van der Waals surface area (Å²) in [4.78, 5) is 24.2. The third-order valence-corrected chi connectivity index (χ3v) is 4.39. The largest absolute Gasteiger partial charge is 0.345 e. The normalized spacial score (nSPS) is 15.9. The molecule has 1 atom stereocenters. The summed E-state index contributed by atoms with van der Waals surface area (Å²) in [6.07, 6.45) is 2.06. The van der Waals surface area contributed by atoms with Gasteiger partial charge >= 0.3 is 6.03 Å². The van der Waals surface area contributed by atoms with Gasteiger partial charge in [0.15, 0.2) is 0 Å². The number of hydrogen-bond acceptors (Lipinski definition) is 3. The molecule has 2 rings (SSSR count). The van der Waals surface area contributed by atoms with Crippen LogP contribution in [0.15, 0.2) is 24.3 Å². The summed E-state index contributed by atoms with van der Waals surface area (Å²) in [7, 11) is 0. The maximum Gasteiger partial charge on any atom is 0.319 e. The first kappa shape index (κ1) is 20.3. The van der Waals surface area contributed by atoms with Crippen molar-refractivity contribution in [2.45, 2.75) is 45.2 Å². The van der Waals surface area contributed by atoms with E-state index in [0.29, 0.717) is 17.8 Å². The second-order valence-corrected chi connectivity index (χ2v) is 6.68. The highest BCUT2D eigenvalue weighted by Gasteiger charge is 2.29. The minimum Gasteiger partial charge on any atom is -0.345 e. The molecule has 1 aliphatic rings. The van der Waals surface area contributed by atoms with E-state index in [9.17, 15) is 9.59 Å². The van der Waals surface area contributed by atoms with Gasteiger partial charge in [-0.3, -0.25) is 4.79 Å². The van der Waals surface area contributed by atoms with E-state index in [1.165, 1.54) is 0 Å². The molecule has 24 heavy (non-hydrogen) atoms. The van der Waals surface area contributed by atoms with E-state index in [-0.39, 0.29) is 36.3 Å². The molecule has 5 N–H and O–H groups in total. The Kier molecular flexibility index (Phi) is 7.05. The molecule has 1 unspecified atom stereocenters. The first-order chi connectivity index (χ1) is 10.8. The Hall–Kier alpha value is -1.79. The molecule has 0 spiro atoms. The lowest BCUT2D eigenvalue weighted by molar-refractivity contribution is 0.0883. The van der Waals surface area contributed by atoms with Crippen molar-refractivity contribution in [2.75, 3.05) is 11.9 Å². The molecule has 0 aromatic heterocycles. The van der Waals surface area contributed by atoms with Crippen molar-refractivity contribution in [1.29, 1.82) is 0 Å². The van der Waals surface area contributed by atoms with Gasteiger partial charge in [-0.05, 0) is 43.9 Å². The van der Waals surface area contributed by atoms with E-state index in [1.807, 2.05) is 20.8 Å². The quantitative estimate of drug-likeness (QED) is 0.632. The van der Waals surface area contributed by atoms with Crippen molar-refractivity contribution in [2.24, 2.45) is 11.7 Å². The van der Waals surface area contributed by atoms with Crippen molar-refractivity contribution in [1.82, 2.24) is 10.6 Å². The predicted octanol–water partition coefficient (Wildman–Crippen LogP) is 2.50. The lowest BCUT2D eigenvalue weighted by atomic mass is 9.88. The zero-order valence-corrected chi connectivity index (χ0v) is 15.2. The Bertz CT molecular complexity index is 590. The molecular weight excluding hydrogens is 328 g/mol. The molecule has 134 valence electrons. The third kappa shape index (κ3) is 5.39. The van der Waals surface area contributed by atoms with Gasteiger partial charge in [-0.2, -0.15) is 0 Å². The first-order valence-corrected chi connectivity index (χ1v) is 8.04. The van der Waals surface area contributed by atoms with Gasteiger partial charge in [-0.15, -0.1) is 12.4 Å². The summed E-state index contributed by atoms with van der Waals surface area (Å²) in [5.41, 5.74) is 6.42. The Morgan fingerprint density at radius 2 is 2.00 bits per heavy atom. The topological polar surface area (TPSA) is 96.2 Å². The van der Waals surface area contributed by atoms with Gasteiger partial charge in [0.1, 0.15) is 0 Å². The first-order valence-electron chi connectivity index (χ1n) is 8.04. The molecule has 1 saturated carbocycles. The van der Waals surface area contributed by atoms with Crippen LogP contribution in [0.5, 0.6) is 0 Å². The Balaban J connectivity index is 0.00000288. The van der Waals surface area contributed by atoms with Crippen LogP contribution in [-0.4, -0.2) is 30.1 Å². The van der Waals surface area contributed by atoms with Gasteiger partial charge in [-0.1, -0.05) is 19.9 Å². The molecule has 0 bridgehead atoms. The lowest BCUT2D eigenvalue weighted by Crippen LogP contribution is -2.55. The number of hydrogen-bond donors (Lipinski definition) is 4. The smallest absolute Gasteiger partial charge is 0.319 e. The van der Waals surface area contributed by atoms with E-state index in [4.69, 9.17) is 5.73 Å². The second-order valence-electron chi connectivity index (χ2n) is 6.68. The van der Waals surface area contributed by atoms with Crippen LogP contribution in [0, 0.1) is 5.92 Å². The molecular formula is C17H27ClN4O2. The van der Waals surface area contributed by atoms with Gasteiger partial charge in [-0.25, -0.2) is 4.79 Å². The lowest BCUT2D eigenvalue weighted by Gasteiger charge is -2.33. The number of halogens is 1. The summed E-state index contributed by atoms with van der Waals surface area (Å²) in [5.74, 6) is 0.0139. The van der Waals surface area contributed by atoms with E-state index in [1.54, 1.807) is 24.3 Å². The molecule has 0 radical (unpaired) electrons. The second kappa shape index (κ2) is 8.35. The van der Waals surface area contributed by atoms with Gasteiger partial charge in [0.2, 0.25) is 0 Å². The molecule has 1 aliphatic carbocycles. The van der Waals surface area contributed by atoms with Crippen molar-refractivity contribution in [3.05, 3.63) is 29.8 Å². The van der Waals surface area contributed by atoms with Crippen molar-refractivity contribution in [3.63, 3.8) is 0 Å². The maximum absolute atomic E-state index is 12.5. The summed E-state index contributed by atoms with van der Waals surface area (Å²) in [6.45, 7) is 6.33. The fraction of sp³-hybridized carbons (Fsp3) is 0.529. The van der Waals surface area contributed by atoms with Crippen LogP contribution in [-0.2, 0) is 0 Å². The van der Waals surface area contributed by atoms with Crippen LogP contribution in [0.3, 0.4) is 0 Å². The number of carbonyl (C=O) groups excluding carboxylic acids is 2. The molecule has 0 saturated heterocycles. The average Bonchev–Trinajstić information content (AvgIpc) is 3.30. The van der Waals surface area contributed by atoms with E-state index in [0.717, 1.165) is 12.8 Å². The Labute approximate surface area is 149 Å². The van der Waals surface area contributed by atoms with Crippen LogP contribution in [0.25, 0.3) is 0 Å². The number of anilines is 1. The minimum absolute atomic E-state index is 0. The zero-order chi connectivity index (χ0) is 17.0. The Morgan fingerprint density at radius 3 is 2.54 bits per heavy atom. The number of nitrogens with one attached hydrogen (secondary N) is 3. The number of nitrogens with two attached hydrogens (primary N) is 1. The SMILES string of the molecule is CC(C)C(C)(CN)NC(=O)c1cccc(NC(=O)NC2CC2)c1.Cl. The average molecular weight is 355 g/mol. The highest BCUT2D eigenvalue weighted by molar-refractivity contribution is 5.97. The molecule has 3 amide bonds. The summed E-state index contributed by atoms with van der Waals surface area (Å²) in [5, 5.41) is 8.59.